The number of Topliss-reactive ketones (excluding diaryl/α,β-unsaturated/α-hetero) is 1. The van der Waals surface area contributed by atoms with E-state index in [1.807, 2.05) is 24.3 Å². The molecule has 0 amide bonds. The normalized spacial score (nSPS) is 11.7. The first-order valence-electron chi connectivity index (χ1n) is 6.54. The molecule has 21 heavy (non-hydrogen) atoms. The fourth-order valence-corrected chi connectivity index (χ4v) is 2.28. The van der Waals surface area contributed by atoms with Gasteiger partial charge in [-0.3, -0.25) is 9.59 Å². The highest BCUT2D eigenvalue weighted by Crippen LogP contribution is 2.29. The smallest absolute Gasteiger partial charge is 0.166 e. The molecule has 0 N–H and O–H groups in total. The van der Waals surface area contributed by atoms with E-state index >= 15 is 0 Å². The third kappa shape index (κ3) is 2.94. The summed E-state index contributed by atoms with van der Waals surface area (Å²) in [5.74, 6) is 0.571. The third-order valence-corrected chi connectivity index (χ3v) is 3.40. The summed E-state index contributed by atoms with van der Waals surface area (Å²) >= 11 is 0. The molecule has 108 valence electrons. The van der Waals surface area contributed by atoms with Crippen LogP contribution >= 0.6 is 0 Å². The maximum atomic E-state index is 11.8. The lowest BCUT2D eigenvalue weighted by molar-refractivity contribution is -0.113. The van der Waals surface area contributed by atoms with E-state index < -0.39 is 6.04 Å². The number of ether oxygens (including phenoxy) is 1. The SMILES string of the molecule is C=C(C(C)=O)C(c1cccc(OC)c1)n1cccc1C=O. The first-order valence-corrected chi connectivity index (χ1v) is 6.54. The number of allylic oxidation sites excluding steroid dienone is 1. The van der Waals surface area contributed by atoms with Crippen LogP contribution in [0.3, 0.4) is 0 Å². The number of hydrogen-bond acceptors (Lipinski definition) is 3. The number of carbonyl (C=O) groups excluding carboxylic acids is 2. The first-order chi connectivity index (χ1) is 10.1. The Kier molecular flexibility index (Phi) is 4.38. The van der Waals surface area contributed by atoms with Crippen LogP contribution < -0.4 is 4.74 Å². The largest absolute Gasteiger partial charge is 0.497 e. The predicted molar refractivity (Wildman–Crippen MR) is 80.8 cm³/mol. The molecule has 1 heterocycles. The van der Waals surface area contributed by atoms with Crippen molar-refractivity contribution in [3.8, 4) is 5.75 Å². The Bertz CT molecular complexity index is 685. The van der Waals surface area contributed by atoms with Crippen molar-refractivity contribution in [2.45, 2.75) is 13.0 Å². The topological polar surface area (TPSA) is 48.3 Å². The van der Waals surface area contributed by atoms with Crippen LogP contribution in [0.4, 0.5) is 0 Å². The van der Waals surface area contributed by atoms with Gasteiger partial charge in [0.1, 0.15) is 5.75 Å². The van der Waals surface area contributed by atoms with Gasteiger partial charge in [0.2, 0.25) is 0 Å². The number of rotatable bonds is 6. The van der Waals surface area contributed by atoms with Gasteiger partial charge in [0.05, 0.1) is 18.8 Å². The summed E-state index contributed by atoms with van der Waals surface area (Å²) in [5.41, 5.74) is 1.75. The van der Waals surface area contributed by atoms with Crippen molar-refractivity contribution in [2.75, 3.05) is 7.11 Å². The first kappa shape index (κ1) is 14.8. The molecule has 2 rings (SSSR count). The van der Waals surface area contributed by atoms with E-state index in [1.165, 1.54) is 6.92 Å². The van der Waals surface area contributed by atoms with Crippen molar-refractivity contribution >= 4 is 12.1 Å². The van der Waals surface area contributed by atoms with Gasteiger partial charge < -0.3 is 9.30 Å². The molecule has 1 atom stereocenters. The van der Waals surface area contributed by atoms with Gasteiger partial charge in [0.15, 0.2) is 12.1 Å². The van der Waals surface area contributed by atoms with E-state index in [0.29, 0.717) is 17.0 Å². The lowest BCUT2D eigenvalue weighted by Crippen LogP contribution is -2.18. The van der Waals surface area contributed by atoms with Crippen LogP contribution in [-0.4, -0.2) is 23.7 Å². The van der Waals surface area contributed by atoms with Crippen LogP contribution in [-0.2, 0) is 4.79 Å². The van der Waals surface area contributed by atoms with Gasteiger partial charge in [0.25, 0.3) is 0 Å². The molecule has 0 spiro atoms. The lowest BCUT2D eigenvalue weighted by Gasteiger charge is -2.22. The molecule has 1 unspecified atom stereocenters. The Morgan fingerprint density at radius 1 is 1.33 bits per heavy atom. The monoisotopic (exact) mass is 283 g/mol. The van der Waals surface area contributed by atoms with Crippen molar-refractivity contribution in [1.29, 1.82) is 0 Å². The van der Waals surface area contributed by atoms with E-state index in [9.17, 15) is 9.59 Å². The number of aldehydes is 1. The Morgan fingerprint density at radius 2 is 2.10 bits per heavy atom. The number of benzene rings is 1. The highest BCUT2D eigenvalue weighted by Gasteiger charge is 2.22. The molecule has 0 radical (unpaired) electrons. The molecule has 4 heteroatoms. The summed E-state index contributed by atoms with van der Waals surface area (Å²) in [6.07, 6.45) is 2.53. The molecule has 1 aromatic heterocycles. The summed E-state index contributed by atoms with van der Waals surface area (Å²) in [6, 6.07) is 10.4. The van der Waals surface area contributed by atoms with Crippen molar-refractivity contribution in [3.63, 3.8) is 0 Å². The fourth-order valence-electron chi connectivity index (χ4n) is 2.28. The highest BCUT2D eigenvalue weighted by atomic mass is 16.5. The zero-order valence-corrected chi connectivity index (χ0v) is 12.1. The summed E-state index contributed by atoms with van der Waals surface area (Å²) in [7, 11) is 1.58. The molecular weight excluding hydrogens is 266 g/mol. The average Bonchev–Trinajstić information content (AvgIpc) is 2.95. The second-order valence-electron chi connectivity index (χ2n) is 4.72. The second kappa shape index (κ2) is 6.22. The zero-order valence-electron chi connectivity index (χ0n) is 12.1. The predicted octanol–water partition coefficient (Wildman–Crippen LogP) is 3.04. The van der Waals surface area contributed by atoms with E-state index in [2.05, 4.69) is 6.58 Å². The Balaban J connectivity index is 2.58. The molecular formula is C17H17NO3. The van der Waals surface area contributed by atoms with Crippen LogP contribution in [0.5, 0.6) is 5.75 Å². The fraction of sp³-hybridized carbons (Fsp3) is 0.176. The van der Waals surface area contributed by atoms with Gasteiger partial charge in [-0.1, -0.05) is 18.7 Å². The molecule has 0 bridgehead atoms. The van der Waals surface area contributed by atoms with Gasteiger partial charge in [-0.2, -0.15) is 0 Å². The van der Waals surface area contributed by atoms with Crippen LogP contribution in [0.1, 0.15) is 29.0 Å². The van der Waals surface area contributed by atoms with Crippen LogP contribution in [0, 0.1) is 0 Å². The minimum Gasteiger partial charge on any atom is -0.497 e. The molecule has 1 aromatic carbocycles. The standard InChI is InChI=1S/C17H17NO3/c1-12(13(2)20)17(18-9-5-7-15(18)11-19)14-6-4-8-16(10-14)21-3/h4-11,17H,1H2,2-3H3. The second-order valence-corrected chi connectivity index (χ2v) is 4.72. The van der Waals surface area contributed by atoms with Gasteiger partial charge in [-0.05, 0) is 36.8 Å². The summed E-state index contributed by atoms with van der Waals surface area (Å²) in [5, 5.41) is 0. The average molecular weight is 283 g/mol. The van der Waals surface area contributed by atoms with E-state index in [4.69, 9.17) is 4.74 Å². The number of ketones is 1. The van der Waals surface area contributed by atoms with Crippen LogP contribution in [0.25, 0.3) is 0 Å². The van der Waals surface area contributed by atoms with E-state index in [1.54, 1.807) is 30.0 Å². The molecule has 0 saturated carbocycles. The third-order valence-electron chi connectivity index (χ3n) is 3.40. The van der Waals surface area contributed by atoms with Crippen molar-refractivity contribution in [2.24, 2.45) is 0 Å². The summed E-state index contributed by atoms with van der Waals surface area (Å²) in [4.78, 5) is 23.0. The number of aromatic nitrogens is 1. The van der Waals surface area contributed by atoms with E-state index in [0.717, 1.165) is 11.8 Å². The quantitative estimate of drug-likeness (QED) is 0.604. The van der Waals surface area contributed by atoms with Crippen molar-refractivity contribution < 1.29 is 14.3 Å². The summed E-state index contributed by atoms with van der Waals surface area (Å²) in [6.45, 7) is 5.36. The van der Waals surface area contributed by atoms with E-state index in [-0.39, 0.29) is 5.78 Å². The van der Waals surface area contributed by atoms with Crippen LogP contribution in [0.15, 0.2) is 54.7 Å². The Morgan fingerprint density at radius 3 is 2.71 bits per heavy atom. The van der Waals surface area contributed by atoms with Gasteiger partial charge in [-0.25, -0.2) is 0 Å². The molecule has 0 saturated heterocycles. The number of nitrogens with zero attached hydrogens (tertiary/aromatic N) is 1. The molecule has 0 aliphatic rings. The van der Waals surface area contributed by atoms with Crippen LogP contribution in [0.2, 0.25) is 0 Å². The number of hydrogen-bond donors (Lipinski definition) is 0. The number of carbonyl (C=O) groups is 2. The van der Waals surface area contributed by atoms with Crippen molar-refractivity contribution in [3.05, 3.63) is 66.0 Å². The highest BCUT2D eigenvalue weighted by molar-refractivity contribution is 5.94. The maximum absolute atomic E-state index is 11.8. The van der Waals surface area contributed by atoms with Gasteiger partial charge in [-0.15, -0.1) is 0 Å². The molecule has 0 fully saturated rings. The molecule has 2 aromatic rings. The Labute approximate surface area is 123 Å². The zero-order chi connectivity index (χ0) is 15.4. The van der Waals surface area contributed by atoms with Gasteiger partial charge >= 0.3 is 0 Å². The molecule has 0 aliphatic heterocycles. The summed E-state index contributed by atoms with van der Waals surface area (Å²) < 4.78 is 6.97. The van der Waals surface area contributed by atoms with Gasteiger partial charge in [0, 0.05) is 11.8 Å². The number of methoxy groups -OCH3 is 1. The minimum absolute atomic E-state index is 0.117. The minimum atomic E-state index is -0.423. The maximum Gasteiger partial charge on any atom is 0.166 e. The van der Waals surface area contributed by atoms with Crippen molar-refractivity contribution in [1.82, 2.24) is 4.57 Å². The lowest BCUT2D eigenvalue weighted by atomic mass is 9.96. The molecule has 0 aliphatic carbocycles. The Hall–Kier alpha value is -2.62. The molecule has 4 nitrogen and oxygen atoms in total.